The van der Waals surface area contributed by atoms with Crippen molar-refractivity contribution in [1.82, 2.24) is 4.98 Å². The van der Waals surface area contributed by atoms with E-state index < -0.39 is 5.97 Å². The second kappa shape index (κ2) is 4.00. The summed E-state index contributed by atoms with van der Waals surface area (Å²) < 4.78 is 5.42. The highest BCUT2D eigenvalue weighted by Crippen LogP contribution is 2.31. The SMILES string of the molecule is O=C(O)c1ccc(N2C[C@H]3COC[C@@H]3C2)nc1. The van der Waals surface area contributed by atoms with Gasteiger partial charge in [0.2, 0.25) is 0 Å². The first-order valence-corrected chi connectivity index (χ1v) is 5.76. The van der Waals surface area contributed by atoms with Crippen LogP contribution in [0.3, 0.4) is 0 Å². The molecule has 5 heteroatoms. The third-order valence-corrected chi connectivity index (χ3v) is 3.56. The fraction of sp³-hybridized carbons (Fsp3) is 0.500. The van der Waals surface area contributed by atoms with Crippen molar-refractivity contribution in [3.8, 4) is 0 Å². The minimum atomic E-state index is -0.934. The van der Waals surface area contributed by atoms with Gasteiger partial charge in [0.25, 0.3) is 0 Å². The highest BCUT2D eigenvalue weighted by atomic mass is 16.5. The Balaban J connectivity index is 1.75. The summed E-state index contributed by atoms with van der Waals surface area (Å²) in [7, 11) is 0. The highest BCUT2D eigenvalue weighted by Gasteiger charge is 2.37. The Morgan fingerprint density at radius 3 is 2.59 bits per heavy atom. The number of fused-ring (bicyclic) bond motifs is 1. The minimum Gasteiger partial charge on any atom is -0.478 e. The van der Waals surface area contributed by atoms with Crippen molar-refractivity contribution < 1.29 is 14.6 Å². The molecule has 1 aromatic heterocycles. The van der Waals surface area contributed by atoms with E-state index in [1.54, 1.807) is 12.1 Å². The van der Waals surface area contributed by atoms with Gasteiger partial charge in [-0.1, -0.05) is 0 Å². The lowest BCUT2D eigenvalue weighted by atomic mass is 10.0. The summed E-state index contributed by atoms with van der Waals surface area (Å²) in [6.45, 7) is 3.61. The molecule has 0 radical (unpaired) electrons. The molecule has 0 saturated carbocycles. The van der Waals surface area contributed by atoms with E-state index >= 15 is 0 Å². The molecule has 5 nitrogen and oxygen atoms in total. The summed E-state index contributed by atoms with van der Waals surface area (Å²) in [5, 5.41) is 8.80. The minimum absolute atomic E-state index is 0.233. The van der Waals surface area contributed by atoms with Crippen LogP contribution in [0.25, 0.3) is 0 Å². The number of hydrogen-bond donors (Lipinski definition) is 1. The first-order chi connectivity index (χ1) is 8.24. The molecule has 3 heterocycles. The molecule has 17 heavy (non-hydrogen) atoms. The molecule has 2 fully saturated rings. The lowest BCUT2D eigenvalue weighted by Gasteiger charge is -2.18. The van der Waals surface area contributed by atoms with E-state index in [1.807, 2.05) is 0 Å². The van der Waals surface area contributed by atoms with Crippen molar-refractivity contribution in [2.45, 2.75) is 0 Å². The number of aromatic carboxylic acids is 1. The van der Waals surface area contributed by atoms with Crippen molar-refractivity contribution in [2.75, 3.05) is 31.2 Å². The molecular weight excluding hydrogens is 220 g/mol. The van der Waals surface area contributed by atoms with Crippen LogP contribution in [0.15, 0.2) is 18.3 Å². The predicted octanol–water partition coefficient (Wildman–Crippen LogP) is 0.862. The van der Waals surface area contributed by atoms with Crippen molar-refractivity contribution >= 4 is 11.8 Å². The molecule has 90 valence electrons. The van der Waals surface area contributed by atoms with Gasteiger partial charge in [-0.25, -0.2) is 9.78 Å². The van der Waals surface area contributed by atoms with Gasteiger partial charge in [-0.2, -0.15) is 0 Å². The van der Waals surface area contributed by atoms with Crippen LogP contribution in [0, 0.1) is 11.8 Å². The summed E-state index contributed by atoms with van der Waals surface area (Å²) in [4.78, 5) is 17.1. The van der Waals surface area contributed by atoms with Crippen molar-refractivity contribution in [2.24, 2.45) is 11.8 Å². The average Bonchev–Trinajstić information content (AvgIpc) is 2.89. The maximum absolute atomic E-state index is 10.7. The Bertz CT molecular complexity index is 420. The smallest absolute Gasteiger partial charge is 0.337 e. The van der Waals surface area contributed by atoms with Gasteiger partial charge in [0, 0.05) is 31.1 Å². The molecule has 0 aliphatic carbocycles. The predicted molar refractivity (Wildman–Crippen MR) is 61.2 cm³/mol. The fourth-order valence-corrected chi connectivity index (χ4v) is 2.57. The Kier molecular flexibility index (Phi) is 2.48. The van der Waals surface area contributed by atoms with Gasteiger partial charge in [0.05, 0.1) is 18.8 Å². The Hall–Kier alpha value is -1.62. The van der Waals surface area contributed by atoms with Crippen LogP contribution in [0.1, 0.15) is 10.4 Å². The highest BCUT2D eigenvalue weighted by molar-refractivity contribution is 5.87. The van der Waals surface area contributed by atoms with Gasteiger partial charge in [0.15, 0.2) is 0 Å². The van der Waals surface area contributed by atoms with Gasteiger partial charge in [0.1, 0.15) is 5.82 Å². The number of pyridine rings is 1. The zero-order valence-corrected chi connectivity index (χ0v) is 9.37. The fourth-order valence-electron chi connectivity index (χ4n) is 2.57. The monoisotopic (exact) mass is 234 g/mol. The topological polar surface area (TPSA) is 62.7 Å². The first-order valence-electron chi connectivity index (χ1n) is 5.76. The zero-order valence-electron chi connectivity index (χ0n) is 9.37. The van der Waals surface area contributed by atoms with Crippen molar-refractivity contribution in [1.29, 1.82) is 0 Å². The molecule has 2 saturated heterocycles. The summed E-state index contributed by atoms with van der Waals surface area (Å²) in [6, 6.07) is 3.39. The molecule has 1 aromatic rings. The normalized spacial score (nSPS) is 27.2. The third-order valence-electron chi connectivity index (χ3n) is 3.56. The van der Waals surface area contributed by atoms with Gasteiger partial charge in [-0.05, 0) is 12.1 Å². The number of hydrogen-bond acceptors (Lipinski definition) is 4. The molecule has 1 N–H and O–H groups in total. The van der Waals surface area contributed by atoms with E-state index in [0.29, 0.717) is 11.8 Å². The Morgan fingerprint density at radius 2 is 2.06 bits per heavy atom. The molecule has 0 spiro atoms. The molecule has 2 aliphatic heterocycles. The number of aromatic nitrogens is 1. The molecule has 2 atom stereocenters. The molecule has 0 aromatic carbocycles. The maximum Gasteiger partial charge on any atom is 0.337 e. The van der Waals surface area contributed by atoms with E-state index in [-0.39, 0.29) is 5.56 Å². The van der Waals surface area contributed by atoms with Gasteiger partial charge in [-0.15, -0.1) is 0 Å². The molecule has 2 aliphatic rings. The maximum atomic E-state index is 10.7. The van der Waals surface area contributed by atoms with Crippen LogP contribution in [0.5, 0.6) is 0 Å². The second-order valence-electron chi connectivity index (χ2n) is 4.67. The summed E-state index contributed by atoms with van der Waals surface area (Å²) >= 11 is 0. The number of nitrogens with zero attached hydrogens (tertiary/aromatic N) is 2. The number of anilines is 1. The van der Waals surface area contributed by atoms with Crippen LogP contribution in [0.2, 0.25) is 0 Å². The van der Waals surface area contributed by atoms with Gasteiger partial charge in [-0.3, -0.25) is 0 Å². The Labute approximate surface area is 99.0 Å². The lowest BCUT2D eigenvalue weighted by Crippen LogP contribution is -2.23. The van der Waals surface area contributed by atoms with Crippen LogP contribution >= 0.6 is 0 Å². The number of rotatable bonds is 2. The molecular formula is C12H14N2O3. The zero-order chi connectivity index (χ0) is 11.8. The Morgan fingerprint density at radius 1 is 1.35 bits per heavy atom. The van der Waals surface area contributed by atoms with Crippen LogP contribution < -0.4 is 4.90 Å². The summed E-state index contributed by atoms with van der Waals surface area (Å²) in [5.74, 6) is 1.15. The van der Waals surface area contributed by atoms with E-state index in [4.69, 9.17) is 9.84 Å². The third kappa shape index (κ3) is 1.86. The molecule has 3 rings (SSSR count). The number of carboxylic acids is 1. The lowest BCUT2D eigenvalue weighted by molar-refractivity contribution is 0.0696. The van der Waals surface area contributed by atoms with E-state index in [2.05, 4.69) is 9.88 Å². The van der Waals surface area contributed by atoms with Crippen LogP contribution in [0.4, 0.5) is 5.82 Å². The van der Waals surface area contributed by atoms with Gasteiger partial charge < -0.3 is 14.7 Å². The number of carboxylic acid groups (broad SMARTS) is 1. The van der Waals surface area contributed by atoms with E-state index in [1.165, 1.54) is 6.20 Å². The van der Waals surface area contributed by atoms with E-state index in [0.717, 1.165) is 32.1 Å². The summed E-state index contributed by atoms with van der Waals surface area (Å²) in [6.07, 6.45) is 1.42. The van der Waals surface area contributed by atoms with Crippen molar-refractivity contribution in [3.63, 3.8) is 0 Å². The molecule has 0 unspecified atom stereocenters. The number of carbonyl (C=O) groups is 1. The molecule has 0 bridgehead atoms. The number of ether oxygens (including phenoxy) is 1. The van der Waals surface area contributed by atoms with Crippen molar-refractivity contribution in [3.05, 3.63) is 23.9 Å². The second-order valence-corrected chi connectivity index (χ2v) is 4.67. The summed E-state index contributed by atoms with van der Waals surface area (Å²) in [5.41, 5.74) is 0.233. The first kappa shape index (κ1) is 10.5. The average molecular weight is 234 g/mol. The van der Waals surface area contributed by atoms with Crippen LogP contribution in [-0.4, -0.2) is 42.4 Å². The quantitative estimate of drug-likeness (QED) is 0.822. The van der Waals surface area contributed by atoms with Crippen LogP contribution in [-0.2, 0) is 4.74 Å². The molecule has 0 amide bonds. The standard InChI is InChI=1S/C12H14N2O3/c15-12(16)8-1-2-11(13-3-8)14-4-9-6-17-7-10(9)5-14/h1-3,9-10H,4-7H2,(H,15,16)/t9-,10-/m0/s1. The largest absolute Gasteiger partial charge is 0.478 e. The van der Waals surface area contributed by atoms with E-state index in [9.17, 15) is 4.79 Å². The van der Waals surface area contributed by atoms with Gasteiger partial charge >= 0.3 is 5.97 Å².